The lowest BCUT2D eigenvalue weighted by atomic mass is 10.1. The minimum absolute atomic E-state index is 0.139. The maximum absolute atomic E-state index is 12.4. The van der Waals surface area contributed by atoms with E-state index in [-0.39, 0.29) is 24.4 Å². The minimum atomic E-state index is -5.08. The molecule has 5 N–H and O–H groups in total. The molecule has 2 amide bonds. The molecule has 0 bridgehead atoms. The lowest BCUT2D eigenvalue weighted by Gasteiger charge is -2.14. The number of rotatable bonds is 7. The Bertz CT molecular complexity index is 1270. The number of benzene rings is 2. The van der Waals surface area contributed by atoms with Gasteiger partial charge in [0, 0.05) is 24.8 Å². The Hall–Kier alpha value is -4.88. The van der Waals surface area contributed by atoms with Crippen LogP contribution in [-0.4, -0.2) is 52.8 Å². The molecule has 0 aliphatic heterocycles. The highest BCUT2D eigenvalue weighted by Gasteiger charge is 2.38. The smallest absolute Gasteiger partial charge is 0.490 e. The van der Waals surface area contributed by atoms with E-state index in [1.54, 1.807) is 61.8 Å². The molecule has 14 heteroatoms. The number of hydrogen-bond acceptors (Lipinski definition) is 8. The van der Waals surface area contributed by atoms with Crippen LogP contribution in [0.5, 0.6) is 11.5 Å². The fourth-order valence-electron chi connectivity index (χ4n) is 2.67. The quantitative estimate of drug-likeness (QED) is 0.365. The third-order valence-electron chi connectivity index (χ3n) is 4.23. The van der Waals surface area contributed by atoms with Gasteiger partial charge in [-0.2, -0.15) is 13.2 Å². The van der Waals surface area contributed by atoms with Crippen LogP contribution in [-0.2, 0) is 14.4 Å². The number of amides is 2. The van der Waals surface area contributed by atoms with Crippen LogP contribution in [0.3, 0.4) is 0 Å². The number of nitrogens with one attached hydrogen (secondary N) is 2. The summed E-state index contributed by atoms with van der Waals surface area (Å²) in [6, 6.07) is 13.8. The molecule has 196 valence electrons. The minimum Gasteiger partial charge on any atom is -0.497 e. The summed E-state index contributed by atoms with van der Waals surface area (Å²) in [5.41, 5.74) is 7.79. The number of alkyl halides is 3. The average Bonchev–Trinajstić information content (AvgIpc) is 2.83. The second kappa shape index (κ2) is 12.7. The maximum atomic E-state index is 12.4. The number of aliphatic carboxylic acids is 1. The summed E-state index contributed by atoms with van der Waals surface area (Å²) in [4.78, 5) is 40.9. The van der Waals surface area contributed by atoms with Gasteiger partial charge in [-0.15, -0.1) is 0 Å². The molecule has 3 aromatic rings. The molecule has 0 unspecified atom stereocenters. The van der Waals surface area contributed by atoms with Crippen molar-refractivity contribution in [3.63, 3.8) is 0 Å². The monoisotopic (exact) mass is 521 g/mol. The number of carboxylic acid groups (broad SMARTS) is 1. The summed E-state index contributed by atoms with van der Waals surface area (Å²) in [6.07, 6.45) is -3.54. The molecule has 1 aromatic heterocycles. The Kier molecular flexibility index (Phi) is 9.75. The largest absolute Gasteiger partial charge is 0.497 e. The molecule has 0 atom stereocenters. The molecule has 0 fully saturated rings. The van der Waals surface area contributed by atoms with Gasteiger partial charge in [0.05, 0.1) is 24.2 Å². The topological polar surface area (TPSA) is 166 Å². The Labute approximate surface area is 208 Å². The highest BCUT2D eigenvalue weighted by atomic mass is 19.4. The summed E-state index contributed by atoms with van der Waals surface area (Å²) in [7, 11) is 1.55. The number of ether oxygens (including phenoxy) is 2. The van der Waals surface area contributed by atoms with Crippen LogP contribution in [0, 0.1) is 0 Å². The van der Waals surface area contributed by atoms with Crippen molar-refractivity contribution in [1.82, 2.24) is 9.97 Å². The van der Waals surface area contributed by atoms with Gasteiger partial charge in [0.25, 0.3) is 5.91 Å². The van der Waals surface area contributed by atoms with Gasteiger partial charge in [-0.3, -0.25) is 9.59 Å². The van der Waals surface area contributed by atoms with Gasteiger partial charge in [0.2, 0.25) is 11.9 Å². The summed E-state index contributed by atoms with van der Waals surface area (Å²) in [6.45, 7) is 1.17. The molecule has 0 aliphatic rings. The van der Waals surface area contributed by atoms with Gasteiger partial charge >= 0.3 is 12.1 Å². The summed E-state index contributed by atoms with van der Waals surface area (Å²) in [5.74, 6) is -2.15. The van der Waals surface area contributed by atoms with Crippen LogP contribution in [0.1, 0.15) is 6.92 Å². The number of nitrogens with two attached hydrogens (primary N) is 1. The maximum Gasteiger partial charge on any atom is 0.490 e. The first kappa shape index (κ1) is 28.4. The first-order valence-corrected chi connectivity index (χ1v) is 10.3. The third kappa shape index (κ3) is 9.35. The van der Waals surface area contributed by atoms with Crippen molar-refractivity contribution >= 4 is 35.1 Å². The lowest BCUT2D eigenvalue weighted by molar-refractivity contribution is -0.192. The van der Waals surface area contributed by atoms with Crippen LogP contribution >= 0.6 is 0 Å². The van der Waals surface area contributed by atoms with Gasteiger partial charge in [0.15, 0.2) is 6.61 Å². The summed E-state index contributed by atoms with van der Waals surface area (Å²) >= 11 is 0. The van der Waals surface area contributed by atoms with E-state index in [2.05, 4.69) is 20.6 Å². The second-order valence-corrected chi connectivity index (χ2v) is 7.06. The van der Waals surface area contributed by atoms with E-state index in [0.717, 1.165) is 0 Å². The SMILES string of the molecule is COc1cccc(OCC(=O)Nc2ccc(-c3ccnc(N)n3)cc2NC(C)=O)c1.O=C(O)C(F)(F)F. The summed E-state index contributed by atoms with van der Waals surface area (Å²) in [5, 5.41) is 12.6. The number of anilines is 3. The van der Waals surface area contributed by atoms with Crippen molar-refractivity contribution in [2.75, 3.05) is 30.1 Å². The molecule has 3 rings (SSSR count). The first-order chi connectivity index (χ1) is 17.4. The average molecular weight is 521 g/mol. The number of methoxy groups -OCH3 is 1. The molecule has 37 heavy (non-hydrogen) atoms. The van der Waals surface area contributed by atoms with Gasteiger partial charge in [-0.05, 0) is 30.3 Å². The predicted molar refractivity (Wildman–Crippen MR) is 127 cm³/mol. The van der Waals surface area contributed by atoms with E-state index < -0.39 is 12.1 Å². The lowest BCUT2D eigenvalue weighted by Crippen LogP contribution is -2.21. The fourth-order valence-corrected chi connectivity index (χ4v) is 2.67. The normalized spacial score (nSPS) is 10.4. The zero-order valence-corrected chi connectivity index (χ0v) is 19.5. The van der Waals surface area contributed by atoms with Crippen LogP contribution in [0.15, 0.2) is 54.7 Å². The van der Waals surface area contributed by atoms with Crippen molar-refractivity contribution in [2.45, 2.75) is 13.1 Å². The zero-order chi connectivity index (χ0) is 27.6. The van der Waals surface area contributed by atoms with Crippen molar-refractivity contribution in [3.05, 3.63) is 54.7 Å². The molecule has 0 saturated heterocycles. The van der Waals surface area contributed by atoms with E-state index in [0.29, 0.717) is 34.1 Å². The van der Waals surface area contributed by atoms with E-state index in [1.165, 1.54) is 6.92 Å². The van der Waals surface area contributed by atoms with Gasteiger partial charge in [-0.1, -0.05) is 12.1 Å². The molecular weight excluding hydrogens is 499 g/mol. The van der Waals surface area contributed by atoms with Crippen molar-refractivity contribution in [1.29, 1.82) is 0 Å². The van der Waals surface area contributed by atoms with Crippen LogP contribution in [0.2, 0.25) is 0 Å². The second-order valence-electron chi connectivity index (χ2n) is 7.06. The first-order valence-electron chi connectivity index (χ1n) is 10.3. The highest BCUT2D eigenvalue weighted by Crippen LogP contribution is 2.28. The number of carbonyl (C=O) groups excluding carboxylic acids is 2. The van der Waals surface area contributed by atoms with E-state index >= 15 is 0 Å². The van der Waals surface area contributed by atoms with E-state index in [1.807, 2.05) is 0 Å². The number of aromatic nitrogens is 2. The Morgan fingerprint density at radius 2 is 1.70 bits per heavy atom. The number of nitrogens with zero attached hydrogens (tertiary/aromatic N) is 2. The van der Waals surface area contributed by atoms with Gasteiger partial charge in [0.1, 0.15) is 11.5 Å². The highest BCUT2D eigenvalue weighted by molar-refractivity contribution is 6.00. The zero-order valence-electron chi connectivity index (χ0n) is 19.5. The predicted octanol–water partition coefficient (Wildman–Crippen LogP) is 3.34. The molecule has 11 nitrogen and oxygen atoms in total. The number of hydrogen-bond donors (Lipinski definition) is 4. The number of halogens is 3. The van der Waals surface area contributed by atoms with Crippen molar-refractivity contribution in [2.24, 2.45) is 0 Å². The standard InChI is InChI=1S/C21H21N5O4.C2HF3O2/c1-13(27)24-19-10-14(17-8-9-23-21(22)26-17)6-7-18(19)25-20(28)12-30-16-5-3-4-15(11-16)29-2;3-2(4,5)1(6)7/h3-11H,12H2,1-2H3,(H,24,27)(H,25,28)(H2,22,23,26);(H,6,7). The van der Waals surface area contributed by atoms with Crippen LogP contribution in [0.4, 0.5) is 30.5 Å². The van der Waals surface area contributed by atoms with Crippen LogP contribution < -0.4 is 25.8 Å². The van der Waals surface area contributed by atoms with Crippen molar-refractivity contribution < 1.29 is 42.1 Å². The molecule has 0 aliphatic carbocycles. The number of carbonyl (C=O) groups is 3. The number of carboxylic acids is 1. The molecule has 0 saturated carbocycles. The fraction of sp³-hybridized carbons (Fsp3) is 0.174. The Morgan fingerprint density at radius 3 is 2.30 bits per heavy atom. The van der Waals surface area contributed by atoms with E-state index in [9.17, 15) is 22.8 Å². The molecule has 0 radical (unpaired) electrons. The molecule has 2 aromatic carbocycles. The molecular formula is C23H22F3N5O6. The van der Waals surface area contributed by atoms with Crippen molar-refractivity contribution in [3.8, 4) is 22.8 Å². The Balaban J connectivity index is 0.000000604. The van der Waals surface area contributed by atoms with Gasteiger partial charge in [-0.25, -0.2) is 14.8 Å². The summed E-state index contributed by atoms with van der Waals surface area (Å²) < 4.78 is 42.4. The molecule has 0 spiro atoms. The van der Waals surface area contributed by atoms with Gasteiger partial charge < -0.3 is 30.9 Å². The molecule has 1 heterocycles. The Morgan fingerprint density at radius 1 is 1.03 bits per heavy atom. The third-order valence-corrected chi connectivity index (χ3v) is 4.23. The van der Waals surface area contributed by atoms with Crippen LogP contribution in [0.25, 0.3) is 11.3 Å². The van der Waals surface area contributed by atoms with E-state index in [4.69, 9.17) is 25.1 Å². The number of nitrogen functional groups attached to an aromatic ring is 1.